The van der Waals surface area contributed by atoms with Crippen LogP contribution in [0.25, 0.3) is 0 Å². The van der Waals surface area contributed by atoms with Gasteiger partial charge in [-0.05, 0) is 42.6 Å². The molecule has 8 heteroatoms. The summed E-state index contributed by atoms with van der Waals surface area (Å²) in [7, 11) is 0. The molecular formula is C20H17N3O4S. The van der Waals surface area contributed by atoms with Crippen molar-refractivity contribution in [2.75, 3.05) is 6.61 Å². The minimum atomic E-state index is -0.600. The second-order valence-electron chi connectivity index (χ2n) is 6.26. The van der Waals surface area contributed by atoms with Crippen molar-refractivity contribution in [3.8, 4) is 0 Å². The van der Waals surface area contributed by atoms with Crippen LogP contribution in [0.2, 0.25) is 0 Å². The van der Waals surface area contributed by atoms with Crippen molar-refractivity contribution in [1.29, 1.82) is 0 Å². The topological polar surface area (TPSA) is 85.0 Å². The number of thiophene rings is 1. The van der Waals surface area contributed by atoms with Crippen molar-refractivity contribution in [2.24, 2.45) is 5.10 Å². The van der Waals surface area contributed by atoms with Crippen LogP contribution in [-0.2, 0) is 9.53 Å². The molecule has 1 aliphatic heterocycles. The predicted octanol–water partition coefficient (Wildman–Crippen LogP) is 3.58. The molecule has 0 aliphatic carbocycles. The van der Waals surface area contributed by atoms with Gasteiger partial charge >= 0.3 is 5.97 Å². The molecule has 0 saturated carbocycles. The lowest BCUT2D eigenvalue weighted by Gasteiger charge is -2.19. The number of aryl methyl sites for hydroxylation is 1. The number of amides is 1. The Balaban J connectivity index is 1.48. The fraction of sp³-hybridized carbons (Fsp3) is 0.200. The summed E-state index contributed by atoms with van der Waals surface area (Å²) in [6.07, 6.45) is 3.53. The summed E-state index contributed by atoms with van der Waals surface area (Å²) in [5, 5.41) is 7.78. The van der Waals surface area contributed by atoms with Gasteiger partial charge in [-0.3, -0.25) is 9.78 Å². The van der Waals surface area contributed by atoms with Crippen LogP contribution in [0.1, 0.15) is 39.2 Å². The fourth-order valence-electron chi connectivity index (χ4n) is 2.90. The number of carbonyl (C=O) groups is 2. The Labute approximate surface area is 165 Å². The van der Waals surface area contributed by atoms with Crippen molar-refractivity contribution in [1.82, 2.24) is 9.99 Å². The zero-order valence-corrected chi connectivity index (χ0v) is 15.9. The number of hydrogen-bond acceptors (Lipinski definition) is 7. The number of rotatable bonds is 5. The van der Waals surface area contributed by atoms with E-state index in [1.54, 1.807) is 35.8 Å². The standard InChI is InChI=1S/C20H17N3O4S/c1-13-6-7-14(11-21-13)20(25)27-12-19(24)23-16(17-4-2-8-26-17)10-15(22-23)18-5-3-9-28-18/h2-9,11,16H,10,12H2,1H3. The van der Waals surface area contributed by atoms with Gasteiger partial charge in [0, 0.05) is 18.3 Å². The van der Waals surface area contributed by atoms with Gasteiger partial charge in [0.15, 0.2) is 6.61 Å². The van der Waals surface area contributed by atoms with Crippen LogP contribution < -0.4 is 0 Å². The maximum Gasteiger partial charge on any atom is 0.340 e. The Morgan fingerprint density at radius 2 is 2.18 bits per heavy atom. The second-order valence-corrected chi connectivity index (χ2v) is 7.21. The molecule has 1 atom stereocenters. The van der Waals surface area contributed by atoms with E-state index in [2.05, 4.69) is 10.1 Å². The van der Waals surface area contributed by atoms with Crippen molar-refractivity contribution in [2.45, 2.75) is 19.4 Å². The molecule has 4 rings (SSSR count). The molecule has 28 heavy (non-hydrogen) atoms. The number of furan rings is 1. The van der Waals surface area contributed by atoms with Gasteiger partial charge in [-0.1, -0.05) is 6.07 Å². The van der Waals surface area contributed by atoms with E-state index in [4.69, 9.17) is 9.15 Å². The Morgan fingerprint density at radius 3 is 2.86 bits per heavy atom. The lowest BCUT2D eigenvalue weighted by Crippen LogP contribution is -2.31. The minimum Gasteiger partial charge on any atom is -0.467 e. The van der Waals surface area contributed by atoms with E-state index in [0.29, 0.717) is 17.7 Å². The third-order valence-corrected chi connectivity index (χ3v) is 5.24. The van der Waals surface area contributed by atoms with Crippen molar-refractivity contribution >= 4 is 28.9 Å². The van der Waals surface area contributed by atoms with E-state index < -0.39 is 18.5 Å². The molecular weight excluding hydrogens is 378 g/mol. The number of hydrazone groups is 1. The average Bonchev–Trinajstić information content (AvgIpc) is 3.46. The van der Waals surface area contributed by atoms with Crippen LogP contribution in [0, 0.1) is 6.92 Å². The third kappa shape index (κ3) is 3.72. The molecule has 3 aromatic heterocycles. The number of hydrogen-bond donors (Lipinski definition) is 0. The molecule has 142 valence electrons. The van der Waals surface area contributed by atoms with Crippen LogP contribution in [0.5, 0.6) is 0 Å². The van der Waals surface area contributed by atoms with E-state index in [1.165, 1.54) is 11.2 Å². The van der Waals surface area contributed by atoms with E-state index in [1.807, 2.05) is 30.5 Å². The lowest BCUT2D eigenvalue weighted by molar-refractivity contribution is -0.136. The Kier molecular flexibility index (Phi) is 5.03. The minimum absolute atomic E-state index is 0.296. The molecule has 1 amide bonds. The van der Waals surface area contributed by atoms with Gasteiger partial charge in [0.25, 0.3) is 5.91 Å². The third-order valence-electron chi connectivity index (χ3n) is 4.32. The molecule has 3 aromatic rings. The monoisotopic (exact) mass is 395 g/mol. The van der Waals surface area contributed by atoms with Crippen LogP contribution in [0.4, 0.5) is 0 Å². The first-order valence-corrected chi connectivity index (χ1v) is 9.56. The molecule has 1 unspecified atom stereocenters. The number of esters is 1. The highest BCUT2D eigenvalue weighted by Crippen LogP contribution is 2.34. The molecule has 0 radical (unpaired) electrons. The number of aromatic nitrogens is 1. The summed E-state index contributed by atoms with van der Waals surface area (Å²) < 4.78 is 10.7. The van der Waals surface area contributed by atoms with E-state index >= 15 is 0 Å². The van der Waals surface area contributed by atoms with Gasteiger partial charge in [-0.15, -0.1) is 11.3 Å². The maximum absolute atomic E-state index is 12.7. The fourth-order valence-corrected chi connectivity index (χ4v) is 3.62. The molecule has 0 fully saturated rings. The molecule has 4 heterocycles. The van der Waals surface area contributed by atoms with Crippen molar-refractivity contribution in [3.63, 3.8) is 0 Å². The van der Waals surface area contributed by atoms with E-state index in [-0.39, 0.29) is 6.04 Å². The molecule has 0 spiro atoms. The summed E-state index contributed by atoms with van der Waals surface area (Å²) in [4.78, 5) is 29.9. The first-order chi connectivity index (χ1) is 13.6. The summed E-state index contributed by atoms with van der Waals surface area (Å²) in [5.41, 5.74) is 1.89. The number of carbonyl (C=O) groups excluding carboxylic acids is 2. The first kappa shape index (κ1) is 18.1. The maximum atomic E-state index is 12.7. The van der Waals surface area contributed by atoms with Gasteiger partial charge in [0.1, 0.15) is 11.8 Å². The first-order valence-electron chi connectivity index (χ1n) is 8.68. The second kappa shape index (κ2) is 7.77. The van der Waals surface area contributed by atoms with Crippen LogP contribution in [0.15, 0.2) is 63.8 Å². The summed E-state index contributed by atoms with van der Waals surface area (Å²) in [6.45, 7) is 1.41. The highest BCUT2D eigenvalue weighted by molar-refractivity contribution is 7.12. The lowest BCUT2D eigenvalue weighted by atomic mass is 10.1. The van der Waals surface area contributed by atoms with Crippen LogP contribution in [0.3, 0.4) is 0 Å². The average molecular weight is 395 g/mol. The van der Waals surface area contributed by atoms with Gasteiger partial charge in [0.2, 0.25) is 0 Å². The Morgan fingerprint density at radius 1 is 1.29 bits per heavy atom. The van der Waals surface area contributed by atoms with Crippen molar-refractivity contribution in [3.05, 3.63) is 76.1 Å². The Hall–Kier alpha value is -3.26. The smallest absolute Gasteiger partial charge is 0.340 e. The zero-order valence-electron chi connectivity index (χ0n) is 15.1. The van der Waals surface area contributed by atoms with E-state index in [0.717, 1.165) is 16.3 Å². The molecule has 0 bridgehead atoms. The Bertz CT molecular complexity index is 995. The SMILES string of the molecule is Cc1ccc(C(=O)OCC(=O)N2N=C(c3cccs3)CC2c2ccco2)cn1. The van der Waals surface area contributed by atoms with Gasteiger partial charge in [-0.25, -0.2) is 9.80 Å². The highest BCUT2D eigenvalue weighted by Gasteiger charge is 2.35. The van der Waals surface area contributed by atoms with Gasteiger partial charge in [0.05, 0.1) is 22.4 Å². The number of ether oxygens (including phenoxy) is 1. The summed E-state index contributed by atoms with van der Waals surface area (Å²) >= 11 is 1.56. The summed E-state index contributed by atoms with van der Waals surface area (Å²) in [6, 6.07) is 10.4. The molecule has 1 aliphatic rings. The molecule has 7 nitrogen and oxygen atoms in total. The van der Waals surface area contributed by atoms with Crippen LogP contribution >= 0.6 is 11.3 Å². The predicted molar refractivity (Wildman–Crippen MR) is 103 cm³/mol. The largest absolute Gasteiger partial charge is 0.467 e. The van der Waals surface area contributed by atoms with Crippen molar-refractivity contribution < 1.29 is 18.7 Å². The number of nitrogens with zero attached hydrogens (tertiary/aromatic N) is 3. The zero-order chi connectivity index (χ0) is 19.5. The summed E-state index contributed by atoms with van der Waals surface area (Å²) in [5.74, 6) is -0.379. The molecule has 0 aromatic carbocycles. The molecule has 0 N–H and O–H groups in total. The van der Waals surface area contributed by atoms with Crippen LogP contribution in [-0.4, -0.2) is 34.2 Å². The highest BCUT2D eigenvalue weighted by atomic mass is 32.1. The van der Waals surface area contributed by atoms with Gasteiger partial charge in [-0.2, -0.15) is 5.10 Å². The normalized spacial score (nSPS) is 16.1. The van der Waals surface area contributed by atoms with Gasteiger partial charge < -0.3 is 9.15 Å². The quantitative estimate of drug-likeness (QED) is 0.617. The number of pyridine rings is 1. The van der Waals surface area contributed by atoms with E-state index in [9.17, 15) is 9.59 Å². The molecule has 0 saturated heterocycles.